The Hall–Kier alpha value is -0.640. The Morgan fingerprint density at radius 3 is 2.50 bits per heavy atom. The average molecular weight is 254 g/mol. The van der Waals surface area contributed by atoms with E-state index in [1.54, 1.807) is 6.08 Å². The maximum absolute atomic E-state index is 9.90. The summed E-state index contributed by atoms with van der Waals surface area (Å²) in [6.45, 7) is 7.12. The van der Waals surface area contributed by atoms with Crippen molar-refractivity contribution in [3.05, 3.63) is 23.3 Å². The summed E-state index contributed by atoms with van der Waals surface area (Å²) < 4.78 is 0. The van der Waals surface area contributed by atoms with Gasteiger partial charge in [-0.05, 0) is 52.9 Å². The quantitative estimate of drug-likeness (QED) is 0.674. The summed E-state index contributed by atoms with van der Waals surface area (Å²) in [7, 11) is 0. The van der Waals surface area contributed by atoms with Gasteiger partial charge in [0, 0.05) is 0 Å². The van der Waals surface area contributed by atoms with Crippen molar-refractivity contribution in [3.63, 3.8) is 0 Å². The van der Waals surface area contributed by atoms with Gasteiger partial charge in [-0.25, -0.2) is 0 Å². The van der Waals surface area contributed by atoms with E-state index in [2.05, 4.69) is 13.0 Å². The van der Waals surface area contributed by atoms with Crippen LogP contribution in [0.1, 0.15) is 47.0 Å². The van der Waals surface area contributed by atoms with Crippen LogP contribution >= 0.6 is 0 Å². The normalized spacial score (nSPS) is 25.6. The standard InChI is InChI=1S/C15H26O3/c1-10-5-7-12(8-6-10)11(2)9-13(16)14(17)15(3,4)18/h5,9,12-14,16-18H,6-8H2,1-4H3/b11-9+/t12-,13-,14+/m1/s1. The monoisotopic (exact) mass is 254 g/mol. The summed E-state index contributed by atoms with van der Waals surface area (Å²) >= 11 is 0. The highest BCUT2D eigenvalue weighted by Gasteiger charge is 2.30. The van der Waals surface area contributed by atoms with Crippen LogP contribution in [0.3, 0.4) is 0 Å². The van der Waals surface area contributed by atoms with Crippen molar-refractivity contribution in [2.45, 2.75) is 64.8 Å². The lowest BCUT2D eigenvalue weighted by Gasteiger charge is -2.28. The zero-order valence-corrected chi connectivity index (χ0v) is 11.8. The molecule has 3 heteroatoms. The molecule has 0 saturated carbocycles. The van der Waals surface area contributed by atoms with Gasteiger partial charge < -0.3 is 15.3 Å². The largest absolute Gasteiger partial charge is 0.388 e. The van der Waals surface area contributed by atoms with Gasteiger partial charge in [-0.2, -0.15) is 0 Å². The highest BCUT2D eigenvalue weighted by molar-refractivity contribution is 5.15. The van der Waals surface area contributed by atoms with E-state index in [0.717, 1.165) is 24.8 Å². The first-order valence-corrected chi connectivity index (χ1v) is 6.64. The molecule has 0 saturated heterocycles. The lowest BCUT2D eigenvalue weighted by atomic mass is 9.84. The fraction of sp³-hybridized carbons (Fsp3) is 0.733. The fourth-order valence-electron chi connectivity index (χ4n) is 2.29. The topological polar surface area (TPSA) is 60.7 Å². The average Bonchev–Trinajstić information content (AvgIpc) is 2.27. The number of hydrogen-bond donors (Lipinski definition) is 3. The van der Waals surface area contributed by atoms with E-state index in [-0.39, 0.29) is 0 Å². The zero-order valence-electron chi connectivity index (χ0n) is 11.8. The highest BCUT2D eigenvalue weighted by Crippen LogP contribution is 2.29. The minimum absolute atomic E-state index is 0.442. The second-order valence-corrected chi connectivity index (χ2v) is 6.02. The third-order valence-electron chi connectivity index (χ3n) is 3.76. The molecule has 3 atom stereocenters. The summed E-state index contributed by atoms with van der Waals surface area (Å²) in [6, 6.07) is 0. The zero-order chi connectivity index (χ0) is 13.9. The predicted octanol–water partition coefficient (Wildman–Crippen LogP) is 2.17. The first kappa shape index (κ1) is 15.4. The minimum Gasteiger partial charge on any atom is -0.388 e. The third kappa shape index (κ3) is 4.23. The SMILES string of the molecule is CC1=CC[C@@H](/C(C)=C/[C@@H](O)[C@H](O)C(C)(C)O)CC1. The summed E-state index contributed by atoms with van der Waals surface area (Å²) in [6.07, 6.45) is 4.94. The van der Waals surface area contributed by atoms with E-state index in [0.29, 0.717) is 5.92 Å². The van der Waals surface area contributed by atoms with Gasteiger partial charge in [0.2, 0.25) is 0 Å². The van der Waals surface area contributed by atoms with Gasteiger partial charge in [-0.15, -0.1) is 0 Å². The van der Waals surface area contributed by atoms with Gasteiger partial charge in [0.25, 0.3) is 0 Å². The van der Waals surface area contributed by atoms with Crippen LogP contribution in [-0.2, 0) is 0 Å². The molecule has 0 spiro atoms. The molecule has 1 rings (SSSR count). The third-order valence-corrected chi connectivity index (χ3v) is 3.76. The lowest BCUT2D eigenvalue weighted by Crippen LogP contribution is -2.43. The summed E-state index contributed by atoms with van der Waals surface area (Å²) in [4.78, 5) is 0. The van der Waals surface area contributed by atoms with E-state index >= 15 is 0 Å². The van der Waals surface area contributed by atoms with E-state index in [1.807, 2.05) is 6.92 Å². The maximum Gasteiger partial charge on any atom is 0.112 e. The van der Waals surface area contributed by atoms with Crippen molar-refractivity contribution in [1.29, 1.82) is 0 Å². The van der Waals surface area contributed by atoms with Crippen LogP contribution < -0.4 is 0 Å². The van der Waals surface area contributed by atoms with Crippen molar-refractivity contribution in [2.75, 3.05) is 0 Å². The number of aliphatic hydroxyl groups is 3. The van der Waals surface area contributed by atoms with Gasteiger partial charge >= 0.3 is 0 Å². The Bertz CT molecular complexity index is 336. The molecule has 0 heterocycles. The Balaban J connectivity index is 2.66. The van der Waals surface area contributed by atoms with Crippen LogP contribution in [-0.4, -0.2) is 33.1 Å². The molecule has 0 unspecified atom stereocenters. The van der Waals surface area contributed by atoms with Gasteiger partial charge in [0.1, 0.15) is 12.2 Å². The molecule has 0 aliphatic heterocycles. The van der Waals surface area contributed by atoms with Crippen molar-refractivity contribution < 1.29 is 15.3 Å². The van der Waals surface area contributed by atoms with E-state index in [4.69, 9.17) is 0 Å². The number of allylic oxidation sites excluding steroid dienone is 3. The summed E-state index contributed by atoms with van der Waals surface area (Å²) in [5, 5.41) is 29.4. The van der Waals surface area contributed by atoms with Crippen LogP contribution in [0, 0.1) is 5.92 Å². The number of rotatable bonds is 4. The second-order valence-electron chi connectivity index (χ2n) is 6.02. The van der Waals surface area contributed by atoms with Gasteiger partial charge in [0.15, 0.2) is 0 Å². The van der Waals surface area contributed by atoms with Crippen LogP contribution in [0.25, 0.3) is 0 Å². The predicted molar refractivity (Wildman–Crippen MR) is 73.2 cm³/mol. The van der Waals surface area contributed by atoms with E-state index in [1.165, 1.54) is 19.4 Å². The molecule has 0 aromatic rings. The molecule has 0 radical (unpaired) electrons. The first-order chi connectivity index (χ1) is 8.21. The molecule has 0 amide bonds. The summed E-state index contributed by atoms with van der Waals surface area (Å²) in [5.74, 6) is 0.442. The molecule has 18 heavy (non-hydrogen) atoms. The molecular formula is C15H26O3. The molecule has 0 bridgehead atoms. The minimum atomic E-state index is -1.29. The van der Waals surface area contributed by atoms with Gasteiger partial charge in [0.05, 0.1) is 5.60 Å². The summed E-state index contributed by atoms with van der Waals surface area (Å²) in [5.41, 5.74) is 1.23. The second kappa shape index (κ2) is 6.00. The van der Waals surface area contributed by atoms with Crippen molar-refractivity contribution in [2.24, 2.45) is 5.92 Å². The molecule has 0 fully saturated rings. The van der Waals surface area contributed by atoms with Gasteiger partial charge in [-0.1, -0.05) is 23.3 Å². The van der Waals surface area contributed by atoms with Crippen molar-refractivity contribution >= 4 is 0 Å². The molecule has 3 nitrogen and oxygen atoms in total. The molecular weight excluding hydrogens is 228 g/mol. The Morgan fingerprint density at radius 1 is 1.44 bits per heavy atom. The molecule has 1 aliphatic rings. The van der Waals surface area contributed by atoms with Crippen molar-refractivity contribution in [3.8, 4) is 0 Å². The molecule has 1 aliphatic carbocycles. The van der Waals surface area contributed by atoms with E-state index in [9.17, 15) is 15.3 Å². The van der Waals surface area contributed by atoms with Crippen LogP contribution in [0.15, 0.2) is 23.3 Å². The van der Waals surface area contributed by atoms with Crippen LogP contribution in [0.4, 0.5) is 0 Å². The number of hydrogen-bond acceptors (Lipinski definition) is 3. The fourth-order valence-corrected chi connectivity index (χ4v) is 2.29. The lowest BCUT2D eigenvalue weighted by molar-refractivity contribution is -0.0919. The Morgan fingerprint density at radius 2 is 2.06 bits per heavy atom. The van der Waals surface area contributed by atoms with Gasteiger partial charge in [-0.3, -0.25) is 0 Å². The van der Waals surface area contributed by atoms with Crippen molar-refractivity contribution in [1.82, 2.24) is 0 Å². The number of aliphatic hydroxyl groups excluding tert-OH is 2. The smallest absolute Gasteiger partial charge is 0.112 e. The molecule has 0 aromatic carbocycles. The van der Waals surface area contributed by atoms with Crippen LogP contribution in [0.2, 0.25) is 0 Å². The van der Waals surface area contributed by atoms with Crippen LogP contribution in [0.5, 0.6) is 0 Å². The molecule has 0 aromatic heterocycles. The Labute approximate surface area is 110 Å². The Kier molecular flexibility index (Phi) is 5.14. The molecule has 3 N–H and O–H groups in total. The first-order valence-electron chi connectivity index (χ1n) is 6.64. The molecule has 104 valence electrons. The maximum atomic E-state index is 9.90. The highest BCUT2D eigenvalue weighted by atomic mass is 16.4. The van der Waals surface area contributed by atoms with E-state index < -0.39 is 17.8 Å².